The zero-order valence-corrected chi connectivity index (χ0v) is 9.57. The van der Waals surface area contributed by atoms with Gasteiger partial charge in [0, 0.05) is 5.69 Å². The Morgan fingerprint density at radius 2 is 2.18 bits per heavy atom. The lowest BCUT2D eigenvalue weighted by atomic mass is 10.2. The third-order valence-electron chi connectivity index (χ3n) is 2.25. The number of anilines is 2. The van der Waals surface area contributed by atoms with Crippen LogP contribution in [0.4, 0.5) is 16.1 Å². The molecule has 1 atom stereocenters. The molecule has 0 aliphatic heterocycles. The SMILES string of the molecule is Cc1ccc(Nc2nnc(C(C)N)o2)cc1F. The zero-order valence-electron chi connectivity index (χ0n) is 9.57. The van der Waals surface area contributed by atoms with Gasteiger partial charge in [-0.05, 0) is 31.5 Å². The highest BCUT2D eigenvalue weighted by Gasteiger charge is 2.10. The number of rotatable bonds is 3. The minimum atomic E-state index is -0.326. The summed E-state index contributed by atoms with van der Waals surface area (Å²) in [5.41, 5.74) is 6.71. The Morgan fingerprint density at radius 1 is 1.41 bits per heavy atom. The van der Waals surface area contributed by atoms with Gasteiger partial charge in [0.15, 0.2) is 0 Å². The Morgan fingerprint density at radius 3 is 2.76 bits per heavy atom. The molecule has 6 heteroatoms. The molecule has 0 saturated carbocycles. The zero-order chi connectivity index (χ0) is 12.4. The van der Waals surface area contributed by atoms with E-state index in [9.17, 15) is 4.39 Å². The molecule has 2 aromatic rings. The van der Waals surface area contributed by atoms with Gasteiger partial charge in [-0.25, -0.2) is 4.39 Å². The maximum atomic E-state index is 13.3. The molecule has 2 rings (SSSR count). The second kappa shape index (κ2) is 4.50. The van der Waals surface area contributed by atoms with Gasteiger partial charge in [-0.2, -0.15) is 0 Å². The second-order valence-electron chi connectivity index (χ2n) is 3.82. The van der Waals surface area contributed by atoms with Gasteiger partial charge in [0.1, 0.15) is 5.82 Å². The molecule has 0 aliphatic rings. The Balaban J connectivity index is 2.16. The highest BCUT2D eigenvalue weighted by Crippen LogP contribution is 2.19. The summed E-state index contributed by atoms with van der Waals surface area (Å²) in [7, 11) is 0. The summed E-state index contributed by atoms with van der Waals surface area (Å²) < 4.78 is 18.5. The van der Waals surface area contributed by atoms with Crippen LogP contribution in [0.5, 0.6) is 0 Å². The molecule has 1 aromatic heterocycles. The monoisotopic (exact) mass is 236 g/mol. The van der Waals surface area contributed by atoms with Crippen LogP contribution in [0.15, 0.2) is 22.6 Å². The summed E-state index contributed by atoms with van der Waals surface area (Å²) in [6.45, 7) is 3.43. The van der Waals surface area contributed by atoms with Gasteiger partial charge >= 0.3 is 6.01 Å². The molecule has 0 aliphatic carbocycles. The van der Waals surface area contributed by atoms with E-state index in [1.54, 1.807) is 26.0 Å². The van der Waals surface area contributed by atoms with Gasteiger partial charge in [-0.3, -0.25) is 0 Å². The first kappa shape index (κ1) is 11.5. The van der Waals surface area contributed by atoms with E-state index in [4.69, 9.17) is 10.2 Å². The van der Waals surface area contributed by atoms with Gasteiger partial charge in [0.05, 0.1) is 6.04 Å². The lowest BCUT2D eigenvalue weighted by Crippen LogP contribution is -2.04. The van der Waals surface area contributed by atoms with Crippen molar-refractivity contribution in [3.05, 3.63) is 35.5 Å². The normalized spacial score (nSPS) is 12.5. The van der Waals surface area contributed by atoms with Crippen molar-refractivity contribution in [2.45, 2.75) is 19.9 Å². The predicted molar refractivity (Wildman–Crippen MR) is 61.3 cm³/mol. The Bertz CT molecular complexity index is 524. The number of halogens is 1. The van der Waals surface area contributed by atoms with Crippen molar-refractivity contribution >= 4 is 11.7 Å². The first-order chi connectivity index (χ1) is 8.06. The number of aryl methyl sites for hydroxylation is 1. The molecule has 1 aromatic carbocycles. The highest BCUT2D eigenvalue weighted by molar-refractivity contribution is 5.52. The molecule has 1 heterocycles. The van der Waals surface area contributed by atoms with E-state index in [-0.39, 0.29) is 17.9 Å². The number of hydrogen-bond acceptors (Lipinski definition) is 5. The molecule has 0 saturated heterocycles. The predicted octanol–water partition coefficient (Wildman–Crippen LogP) is 2.28. The summed E-state index contributed by atoms with van der Waals surface area (Å²) in [5.74, 6) is 0.0435. The third-order valence-corrected chi connectivity index (χ3v) is 2.25. The van der Waals surface area contributed by atoms with Gasteiger partial charge < -0.3 is 15.5 Å². The van der Waals surface area contributed by atoms with Crippen molar-refractivity contribution in [1.29, 1.82) is 0 Å². The van der Waals surface area contributed by atoms with Crippen molar-refractivity contribution in [2.75, 3.05) is 5.32 Å². The van der Waals surface area contributed by atoms with E-state index < -0.39 is 0 Å². The Hall–Kier alpha value is -1.95. The van der Waals surface area contributed by atoms with Crippen LogP contribution in [0.2, 0.25) is 0 Å². The van der Waals surface area contributed by atoms with E-state index in [0.717, 1.165) is 0 Å². The van der Waals surface area contributed by atoms with E-state index in [0.29, 0.717) is 17.1 Å². The van der Waals surface area contributed by atoms with Crippen molar-refractivity contribution in [1.82, 2.24) is 10.2 Å². The van der Waals surface area contributed by atoms with Crippen molar-refractivity contribution < 1.29 is 8.81 Å². The number of benzene rings is 1. The number of nitrogens with two attached hydrogens (primary N) is 1. The first-order valence-corrected chi connectivity index (χ1v) is 5.18. The van der Waals surface area contributed by atoms with E-state index in [2.05, 4.69) is 15.5 Å². The molecular weight excluding hydrogens is 223 g/mol. The van der Waals surface area contributed by atoms with Crippen LogP contribution in [-0.2, 0) is 0 Å². The maximum absolute atomic E-state index is 13.3. The smallest absolute Gasteiger partial charge is 0.320 e. The molecule has 0 bridgehead atoms. The molecule has 0 spiro atoms. The van der Waals surface area contributed by atoms with Gasteiger partial charge in [-0.15, -0.1) is 5.10 Å². The van der Waals surface area contributed by atoms with Crippen molar-refractivity contribution in [3.8, 4) is 0 Å². The summed E-state index contributed by atoms with van der Waals surface area (Å²) in [5, 5.41) is 10.3. The second-order valence-corrected chi connectivity index (χ2v) is 3.82. The van der Waals surface area contributed by atoms with Crippen molar-refractivity contribution in [2.24, 2.45) is 5.73 Å². The highest BCUT2D eigenvalue weighted by atomic mass is 19.1. The molecule has 0 fully saturated rings. The van der Waals surface area contributed by atoms with Crippen LogP contribution in [0.25, 0.3) is 0 Å². The van der Waals surface area contributed by atoms with Gasteiger partial charge in [-0.1, -0.05) is 11.2 Å². The average Bonchev–Trinajstić information content (AvgIpc) is 2.72. The number of aromatic nitrogens is 2. The first-order valence-electron chi connectivity index (χ1n) is 5.18. The van der Waals surface area contributed by atoms with Crippen LogP contribution in [0, 0.1) is 12.7 Å². The average molecular weight is 236 g/mol. The number of nitrogens with zero attached hydrogens (tertiary/aromatic N) is 2. The Labute approximate surface area is 97.8 Å². The summed E-state index contributed by atoms with van der Waals surface area (Å²) in [4.78, 5) is 0. The van der Waals surface area contributed by atoms with Crippen LogP contribution < -0.4 is 11.1 Å². The lowest BCUT2D eigenvalue weighted by molar-refractivity contribution is 0.475. The largest absolute Gasteiger partial charge is 0.406 e. The number of nitrogens with one attached hydrogen (secondary N) is 1. The van der Waals surface area contributed by atoms with Crippen LogP contribution in [-0.4, -0.2) is 10.2 Å². The van der Waals surface area contributed by atoms with E-state index in [1.807, 2.05) is 0 Å². The fraction of sp³-hybridized carbons (Fsp3) is 0.273. The summed E-state index contributed by atoms with van der Waals surface area (Å²) in [6.07, 6.45) is 0. The summed E-state index contributed by atoms with van der Waals surface area (Å²) >= 11 is 0. The fourth-order valence-corrected chi connectivity index (χ4v) is 1.26. The van der Waals surface area contributed by atoms with Crippen LogP contribution in [0.3, 0.4) is 0 Å². The van der Waals surface area contributed by atoms with Crippen LogP contribution >= 0.6 is 0 Å². The van der Waals surface area contributed by atoms with E-state index in [1.165, 1.54) is 6.07 Å². The number of hydrogen-bond donors (Lipinski definition) is 2. The molecule has 0 amide bonds. The molecular formula is C11H13FN4O. The Kier molecular flexibility index (Phi) is 3.06. The topological polar surface area (TPSA) is 77.0 Å². The molecule has 5 nitrogen and oxygen atoms in total. The standard InChI is InChI=1S/C11H13FN4O/c1-6-3-4-8(5-9(6)12)14-11-16-15-10(17-11)7(2)13/h3-5,7H,13H2,1-2H3,(H,14,16). The molecule has 3 N–H and O–H groups in total. The van der Waals surface area contributed by atoms with Crippen molar-refractivity contribution in [3.63, 3.8) is 0 Å². The third kappa shape index (κ3) is 2.59. The van der Waals surface area contributed by atoms with E-state index >= 15 is 0 Å². The minimum absolute atomic E-state index is 0.195. The van der Waals surface area contributed by atoms with Gasteiger partial charge in [0.25, 0.3) is 0 Å². The molecule has 17 heavy (non-hydrogen) atoms. The molecule has 1 unspecified atom stereocenters. The quantitative estimate of drug-likeness (QED) is 0.854. The molecule has 90 valence electrons. The summed E-state index contributed by atoms with van der Waals surface area (Å²) in [6, 6.07) is 4.63. The minimum Gasteiger partial charge on any atom is -0.406 e. The maximum Gasteiger partial charge on any atom is 0.320 e. The van der Waals surface area contributed by atoms with Gasteiger partial charge in [0.2, 0.25) is 5.89 Å². The van der Waals surface area contributed by atoms with Crippen LogP contribution in [0.1, 0.15) is 24.4 Å². The molecule has 0 radical (unpaired) electrons. The fourth-order valence-electron chi connectivity index (χ4n) is 1.26. The lowest BCUT2D eigenvalue weighted by Gasteiger charge is -2.02.